The molecule has 0 radical (unpaired) electrons. The molecule has 1 amide bonds. The highest BCUT2D eigenvalue weighted by Gasteiger charge is 1.83. The molecular weight excluding hydrogens is 96.5 g/mol. The van der Waals surface area contributed by atoms with Crippen molar-refractivity contribution in [2.24, 2.45) is 0 Å². The molecule has 5 heavy (non-hydrogen) atoms. The minimum atomic E-state index is -1.73. The van der Waals surface area contributed by atoms with Gasteiger partial charge in [-0.25, -0.2) is 9.63 Å². The summed E-state index contributed by atoms with van der Waals surface area (Å²) < 4.78 is 10.5. The van der Waals surface area contributed by atoms with Gasteiger partial charge >= 0.3 is 6.16 Å². The molecule has 0 heterocycles. The summed E-state index contributed by atoms with van der Waals surface area (Å²) in [5.41, 5.74) is 0. The third kappa shape index (κ3) is 3.69. The molecule has 0 spiro atoms. The predicted molar refractivity (Wildman–Crippen MR) is 15.5 cm³/mol. The fourth-order valence-electron chi connectivity index (χ4n) is 0. The lowest BCUT2D eigenvalue weighted by molar-refractivity contribution is 0.227. The maximum Gasteiger partial charge on any atom is 0.412 e. The molecule has 0 bridgehead atoms. The van der Waals surface area contributed by atoms with Gasteiger partial charge in [0.1, 0.15) is 0 Å². The fraction of sp³-hybridized carbons (Fsp3) is 0. The van der Waals surface area contributed by atoms with Crippen LogP contribution >= 0.6 is 11.8 Å². The van der Waals surface area contributed by atoms with Crippen LogP contribution in [0.3, 0.4) is 0 Å². The molecule has 0 fully saturated rings. The summed E-state index contributed by atoms with van der Waals surface area (Å²) in [7, 11) is 0. The summed E-state index contributed by atoms with van der Waals surface area (Å²) in [6.45, 7) is 0. The summed E-state index contributed by atoms with van der Waals surface area (Å²) in [4.78, 5) is 10.1. The van der Waals surface area contributed by atoms with Gasteiger partial charge in [-0.2, -0.15) is 0 Å². The number of carbonyl (C=O) groups excluding carboxylic acids is 1. The summed E-state index contributed by atoms with van der Waals surface area (Å²) in [5.74, 6) is 0. The first kappa shape index (κ1) is 4.69. The SMILES string of the molecule is O=C(F)NCl. The molecule has 1 N–H and O–H groups in total. The summed E-state index contributed by atoms with van der Waals surface area (Å²) in [6.07, 6.45) is -1.73. The second-order valence-corrected chi connectivity index (χ2v) is 0.557. The molecule has 0 aromatic carbocycles. The van der Waals surface area contributed by atoms with Crippen LogP contribution in [0.2, 0.25) is 0 Å². The Morgan fingerprint density at radius 3 is 2.20 bits per heavy atom. The molecule has 4 heteroatoms. The van der Waals surface area contributed by atoms with Crippen LogP contribution in [0.1, 0.15) is 0 Å². The Morgan fingerprint density at radius 2 is 2.20 bits per heavy atom. The average molecular weight is 97.5 g/mol. The third-order valence-electron chi connectivity index (χ3n) is 0.0743. The standard InChI is InChI=1S/CHClFNO/c2-4-1(3)5/h(H,4,5). The zero-order chi connectivity index (χ0) is 4.28. The zero-order valence-electron chi connectivity index (χ0n) is 2.16. The number of amides is 1. The van der Waals surface area contributed by atoms with Crippen LogP contribution in [0.5, 0.6) is 0 Å². The van der Waals surface area contributed by atoms with E-state index < -0.39 is 6.16 Å². The van der Waals surface area contributed by atoms with Crippen molar-refractivity contribution in [3.05, 3.63) is 0 Å². The molecule has 0 atom stereocenters. The van der Waals surface area contributed by atoms with Gasteiger partial charge in [0.25, 0.3) is 0 Å². The number of rotatable bonds is 0. The van der Waals surface area contributed by atoms with E-state index in [-0.39, 0.29) is 0 Å². The lowest BCUT2D eigenvalue weighted by atomic mass is 11.4. The summed E-state index contributed by atoms with van der Waals surface area (Å²) in [5, 5.41) is 0. The minimum Gasteiger partial charge on any atom is -0.240 e. The molecular formula is CHClFNO. The Labute approximate surface area is 33.0 Å². The Balaban J connectivity index is 2.85. The molecule has 30 valence electrons. The van der Waals surface area contributed by atoms with Gasteiger partial charge in [0.2, 0.25) is 0 Å². The number of hydrogen-bond acceptors (Lipinski definition) is 1. The van der Waals surface area contributed by atoms with E-state index >= 15 is 0 Å². The normalized spacial score (nSPS) is 6.80. The Kier molecular flexibility index (Phi) is 1.84. The topological polar surface area (TPSA) is 29.1 Å². The van der Waals surface area contributed by atoms with E-state index in [0.717, 1.165) is 0 Å². The Bertz CT molecular complexity index is 46.9. The van der Waals surface area contributed by atoms with E-state index in [2.05, 4.69) is 11.8 Å². The molecule has 0 aliphatic heterocycles. The number of halogens is 2. The van der Waals surface area contributed by atoms with Crippen LogP contribution in [0.4, 0.5) is 9.18 Å². The second kappa shape index (κ2) is 1.96. The number of carbonyl (C=O) groups is 1. The van der Waals surface area contributed by atoms with Gasteiger partial charge in [0.05, 0.1) is 0 Å². The van der Waals surface area contributed by atoms with Crippen molar-refractivity contribution in [3.8, 4) is 0 Å². The van der Waals surface area contributed by atoms with Crippen LogP contribution in [-0.4, -0.2) is 6.16 Å². The molecule has 0 saturated heterocycles. The lowest BCUT2D eigenvalue weighted by Crippen LogP contribution is -1.99. The average Bonchev–Trinajstić information content (AvgIpc) is 1.38. The van der Waals surface area contributed by atoms with Crippen molar-refractivity contribution in [3.63, 3.8) is 0 Å². The van der Waals surface area contributed by atoms with Gasteiger partial charge in [-0.15, -0.1) is 4.39 Å². The predicted octanol–water partition coefficient (Wildman–Crippen LogP) is 0.819. The molecule has 2 nitrogen and oxygen atoms in total. The molecule has 0 aliphatic carbocycles. The monoisotopic (exact) mass is 97.0 g/mol. The highest BCUT2D eigenvalue weighted by molar-refractivity contribution is 6.20. The smallest absolute Gasteiger partial charge is 0.240 e. The molecule has 0 unspecified atom stereocenters. The quantitative estimate of drug-likeness (QED) is 0.271. The highest BCUT2D eigenvalue weighted by atomic mass is 35.5. The van der Waals surface area contributed by atoms with Crippen molar-refractivity contribution in [2.75, 3.05) is 0 Å². The molecule has 0 rings (SSSR count). The maximum absolute atomic E-state index is 10.5. The first-order valence-electron chi connectivity index (χ1n) is 0.832. The van der Waals surface area contributed by atoms with Gasteiger partial charge in [-0.1, -0.05) is 0 Å². The second-order valence-electron chi connectivity index (χ2n) is 0.368. The highest BCUT2D eigenvalue weighted by Crippen LogP contribution is 1.67. The number of nitrogens with one attached hydrogen (secondary N) is 1. The molecule has 0 saturated carbocycles. The van der Waals surface area contributed by atoms with Gasteiger partial charge < -0.3 is 0 Å². The zero-order valence-corrected chi connectivity index (χ0v) is 2.92. The van der Waals surface area contributed by atoms with Crippen LogP contribution in [0.15, 0.2) is 0 Å². The van der Waals surface area contributed by atoms with E-state index in [1.54, 1.807) is 0 Å². The van der Waals surface area contributed by atoms with E-state index in [4.69, 9.17) is 4.79 Å². The van der Waals surface area contributed by atoms with Crippen molar-refractivity contribution in [1.82, 2.24) is 4.84 Å². The van der Waals surface area contributed by atoms with Gasteiger partial charge in [-0.05, 0) is 0 Å². The first-order chi connectivity index (χ1) is 2.27. The largest absolute Gasteiger partial charge is 0.412 e. The van der Waals surface area contributed by atoms with Crippen molar-refractivity contribution in [2.45, 2.75) is 0 Å². The van der Waals surface area contributed by atoms with E-state index in [9.17, 15) is 4.39 Å². The van der Waals surface area contributed by atoms with Crippen molar-refractivity contribution < 1.29 is 9.18 Å². The summed E-state index contributed by atoms with van der Waals surface area (Å²) in [6, 6.07) is 0. The van der Waals surface area contributed by atoms with Crippen molar-refractivity contribution in [1.29, 1.82) is 0 Å². The maximum atomic E-state index is 10.5. The minimum absolute atomic E-state index is 1.19. The first-order valence-corrected chi connectivity index (χ1v) is 1.21. The van der Waals surface area contributed by atoms with Crippen molar-refractivity contribution >= 4 is 17.9 Å². The van der Waals surface area contributed by atoms with E-state index in [1.807, 2.05) is 0 Å². The van der Waals surface area contributed by atoms with Crippen LogP contribution in [0.25, 0.3) is 0 Å². The molecule has 0 aromatic rings. The fourth-order valence-corrected chi connectivity index (χ4v) is 0. The Morgan fingerprint density at radius 1 is 2.00 bits per heavy atom. The van der Waals surface area contributed by atoms with Gasteiger partial charge in [0, 0.05) is 11.8 Å². The lowest BCUT2D eigenvalue weighted by Gasteiger charge is -1.70. The van der Waals surface area contributed by atoms with Crippen LogP contribution in [-0.2, 0) is 0 Å². The molecule has 0 aliphatic rings. The number of hydrogen-bond donors (Lipinski definition) is 1. The van der Waals surface area contributed by atoms with Gasteiger partial charge in [-0.3, -0.25) is 0 Å². The summed E-state index contributed by atoms with van der Waals surface area (Å²) >= 11 is 4.36. The molecule has 0 aromatic heterocycles. The third-order valence-corrected chi connectivity index (χ3v) is 0.223. The van der Waals surface area contributed by atoms with Crippen LogP contribution < -0.4 is 4.84 Å². The van der Waals surface area contributed by atoms with E-state index in [0.29, 0.717) is 0 Å². The van der Waals surface area contributed by atoms with E-state index in [1.165, 1.54) is 4.84 Å². The van der Waals surface area contributed by atoms with Crippen LogP contribution in [0, 0.1) is 0 Å². The Hall–Kier alpha value is -0.310. The van der Waals surface area contributed by atoms with Gasteiger partial charge in [0.15, 0.2) is 0 Å².